The quantitative estimate of drug-likeness (QED) is 0.150. The van der Waals surface area contributed by atoms with Gasteiger partial charge in [0.1, 0.15) is 11.5 Å². The largest absolute Gasteiger partial charge is 0.522 e. The molecule has 0 saturated heterocycles. The van der Waals surface area contributed by atoms with Crippen LogP contribution in [-0.4, -0.2) is 12.2 Å². The summed E-state index contributed by atoms with van der Waals surface area (Å²) in [5, 5.41) is 16.2. The third-order valence-corrected chi connectivity index (χ3v) is 5.81. The summed E-state index contributed by atoms with van der Waals surface area (Å²) in [5.74, 6) is 0.786. The van der Waals surface area contributed by atoms with E-state index < -0.39 is 12.2 Å². The van der Waals surface area contributed by atoms with E-state index in [0.29, 0.717) is 16.9 Å². The number of benzene rings is 5. The Balaban J connectivity index is 1.91. The Kier molecular flexibility index (Phi) is 2.98. The van der Waals surface area contributed by atoms with Crippen LogP contribution in [0, 0.1) is 19.3 Å². The number of carbonyl (C=O) groups excluding carboxylic acids is 1. The van der Waals surface area contributed by atoms with Crippen molar-refractivity contribution in [2.45, 2.75) is 13.8 Å². The zero-order valence-corrected chi connectivity index (χ0v) is 15.8. The number of cyclic esters (lactones) is 1. The van der Waals surface area contributed by atoms with E-state index in [-0.39, 0.29) is 0 Å². The molecule has 0 saturated carbocycles. The molecule has 0 spiro atoms. The van der Waals surface area contributed by atoms with Gasteiger partial charge in [-0.05, 0) is 81.6 Å². The van der Waals surface area contributed by atoms with Crippen LogP contribution in [0.1, 0.15) is 11.1 Å². The number of aryl methyl sites for hydroxylation is 2. The summed E-state index contributed by atoms with van der Waals surface area (Å²) in [6.45, 7) is 4.27. The predicted octanol–water partition coefficient (Wildman–Crippen LogP) is 6.20. The molecule has 1 N–H and O–H groups in total. The van der Waals surface area contributed by atoms with Crippen molar-refractivity contribution in [3.63, 3.8) is 0 Å². The molecule has 5 aromatic carbocycles. The van der Waals surface area contributed by atoms with E-state index in [0.717, 1.165) is 26.9 Å². The average molecular weight is 381 g/mol. The smallest absolute Gasteiger partial charge is 0.410 e. The van der Waals surface area contributed by atoms with E-state index in [1.54, 1.807) is 12.1 Å². The molecule has 0 fully saturated rings. The Labute approximate surface area is 165 Å². The lowest BCUT2D eigenvalue weighted by atomic mass is 9.86. The maximum absolute atomic E-state index is 11.9. The minimum Gasteiger partial charge on any atom is -0.410 e. The Morgan fingerprint density at radius 1 is 0.586 bits per heavy atom. The molecule has 0 amide bonds. The Bertz CT molecular complexity index is 1430. The van der Waals surface area contributed by atoms with Crippen LogP contribution in [-0.2, 0) is 4.74 Å². The summed E-state index contributed by atoms with van der Waals surface area (Å²) < 4.78 is 15.6. The summed E-state index contributed by atoms with van der Waals surface area (Å²) in [6.07, 6.45) is -1.59. The third-order valence-electron chi connectivity index (χ3n) is 5.81. The molecular weight excluding hydrogens is 366 g/mol. The molecule has 6 rings (SSSR count). The Hall–Kier alpha value is -3.86. The predicted molar refractivity (Wildman–Crippen MR) is 113 cm³/mol. The summed E-state index contributed by atoms with van der Waals surface area (Å²) in [7, 11) is 0. The highest BCUT2D eigenvalue weighted by Crippen LogP contribution is 2.47. The molecule has 140 valence electrons. The summed E-state index contributed by atoms with van der Waals surface area (Å²) in [5.41, 5.74) is 2.49. The zero-order chi connectivity index (χ0) is 19.9. The number of fused-ring (bicyclic) bond motifs is 2. The topological polar surface area (TPSA) is 68.6 Å². The van der Waals surface area contributed by atoms with Gasteiger partial charge in [-0.3, -0.25) is 0 Å². The second-order valence-electron chi connectivity index (χ2n) is 7.43. The molecule has 5 heteroatoms. The van der Waals surface area contributed by atoms with E-state index >= 15 is 0 Å². The molecule has 0 aromatic heterocycles. The summed E-state index contributed by atoms with van der Waals surface area (Å²) in [4.78, 5) is 11.9. The van der Waals surface area contributed by atoms with Crippen molar-refractivity contribution in [1.29, 1.82) is 5.41 Å². The standard InChI is InChI=1S/C24H15NO4/c1-11-3-5-13-15-7-9-17-22-18(28-24(26)29-23(25)27-17)10-8-16(21(15)22)14-6-4-12(2)19(11)20(13)14/h3-10,25H,1-2H3. The van der Waals surface area contributed by atoms with Gasteiger partial charge in [-0.25, -0.2) is 10.2 Å². The lowest BCUT2D eigenvalue weighted by Crippen LogP contribution is -2.22. The zero-order valence-electron chi connectivity index (χ0n) is 15.8. The number of hydrogen-bond acceptors (Lipinski definition) is 5. The van der Waals surface area contributed by atoms with Crippen molar-refractivity contribution in [1.82, 2.24) is 0 Å². The first-order valence-corrected chi connectivity index (χ1v) is 9.32. The molecule has 1 aliphatic heterocycles. The van der Waals surface area contributed by atoms with Gasteiger partial charge in [0.2, 0.25) is 0 Å². The third kappa shape index (κ3) is 2.04. The molecular formula is C24H15NO4. The monoisotopic (exact) mass is 381 g/mol. The van der Waals surface area contributed by atoms with Gasteiger partial charge in [0.25, 0.3) is 0 Å². The van der Waals surface area contributed by atoms with E-state index in [4.69, 9.17) is 19.6 Å². The van der Waals surface area contributed by atoms with Crippen molar-refractivity contribution in [3.05, 3.63) is 59.7 Å². The van der Waals surface area contributed by atoms with Crippen LogP contribution in [0.25, 0.3) is 43.1 Å². The van der Waals surface area contributed by atoms with Crippen molar-refractivity contribution >= 4 is 55.3 Å². The lowest BCUT2D eigenvalue weighted by Gasteiger charge is -2.21. The number of carbonyl (C=O) groups is 1. The first-order valence-electron chi connectivity index (χ1n) is 9.32. The molecule has 0 aliphatic carbocycles. The van der Waals surface area contributed by atoms with Gasteiger partial charge in [0.05, 0.1) is 5.39 Å². The van der Waals surface area contributed by atoms with Crippen LogP contribution in [0.5, 0.6) is 11.5 Å². The summed E-state index contributed by atoms with van der Waals surface area (Å²) >= 11 is 0. The highest BCUT2D eigenvalue weighted by molar-refractivity contribution is 6.34. The summed E-state index contributed by atoms with van der Waals surface area (Å²) in [6, 6.07) is 16.1. The van der Waals surface area contributed by atoms with Crippen molar-refractivity contribution in [2.24, 2.45) is 0 Å². The van der Waals surface area contributed by atoms with Crippen molar-refractivity contribution in [3.8, 4) is 11.5 Å². The van der Waals surface area contributed by atoms with Crippen LogP contribution < -0.4 is 9.47 Å². The maximum Gasteiger partial charge on any atom is 0.522 e. The Morgan fingerprint density at radius 2 is 1.07 bits per heavy atom. The fourth-order valence-electron chi connectivity index (χ4n) is 4.68. The SMILES string of the molecule is Cc1ccc2c3ccc4c5c(ccc(c6ccc(C)c1c26)c53)OC(=O)OC(=N)O4. The van der Waals surface area contributed by atoms with Gasteiger partial charge in [-0.15, -0.1) is 0 Å². The maximum atomic E-state index is 11.9. The van der Waals surface area contributed by atoms with E-state index in [1.807, 2.05) is 12.1 Å². The van der Waals surface area contributed by atoms with Gasteiger partial charge < -0.3 is 14.2 Å². The van der Waals surface area contributed by atoms with Gasteiger partial charge in [-0.2, -0.15) is 0 Å². The normalized spacial score (nSPS) is 14.1. The van der Waals surface area contributed by atoms with Crippen molar-refractivity contribution in [2.75, 3.05) is 0 Å². The second kappa shape index (κ2) is 5.35. The van der Waals surface area contributed by atoms with E-state index in [9.17, 15) is 4.79 Å². The van der Waals surface area contributed by atoms with Gasteiger partial charge in [-0.1, -0.05) is 24.3 Å². The average Bonchev–Trinajstić information content (AvgIpc) is 2.68. The molecule has 0 bridgehead atoms. The molecule has 1 aliphatic rings. The highest BCUT2D eigenvalue weighted by Gasteiger charge is 2.24. The second-order valence-corrected chi connectivity index (χ2v) is 7.43. The van der Waals surface area contributed by atoms with Gasteiger partial charge in [0, 0.05) is 5.39 Å². The van der Waals surface area contributed by atoms with Gasteiger partial charge in [0.15, 0.2) is 0 Å². The number of nitrogens with one attached hydrogen (secondary N) is 1. The van der Waals surface area contributed by atoms with Crippen LogP contribution in [0.4, 0.5) is 4.79 Å². The van der Waals surface area contributed by atoms with Crippen LogP contribution in [0.2, 0.25) is 0 Å². The van der Waals surface area contributed by atoms with Gasteiger partial charge >= 0.3 is 12.2 Å². The first kappa shape index (κ1) is 16.1. The Morgan fingerprint density at radius 3 is 1.66 bits per heavy atom. The molecule has 0 radical (unpaired) electrons. The number of rotatable bonds is 0. The lowest BCUT2D eigenvalue weighted by molar-refractivity contribution is 0.135. The van der Waals surface area contributed by atoms with E-state index in [1.165, 1.54) is 21.9 Å². The molecule has 0 unspecified atom stereocenters. The molecule has 0 atom stereocenters. The van der Waals surface area contributed by atoms with E-state index in [2.05, 4.69) is 38.1 Å². The van der Waals surface area contributed by atoms with Crippen LogP contribution >= 0.6 is 0 Å². The molecule has 5 nitrogen and oxygen atoms in total. The number of ether oxygens (including phenoxy) is 3. The fraction of sp³-hybridized carbons (Fsp3) is 0.0833. The van der Waals surface area contributed by atoms with Crippen LogP contribution in [0.15, 0.2) is 48.5 Å². The molecule has 29 heavy (non-hydrogen) atoms. The highest BCUT2D eigenvalue weighted by atomic mass is 16.8. The first-order chi connectivity index (χ1) is 14.0. The molecule has 5 aromatic rings. The van der Waals surface area contributed by atoms with Crippen molar-refractivity contribution < 1.29 is 19.0 Å². The minimum absolute atomic E-state index is 0.358. The fourth-order valence-corrected chi connectivity index (χ4v) is 4.68. The van der Waals surface area contributed by atoms with Crippen LogP contribution in [0.3, 0.4) is 0 Å². The molecule has 1 heterocycles. The number of hydrogen-bond donors (Lipinski definition) is 1. The minimum atomic E-state index is -0.981.